The topological polar surface area (TPSA) is 102 Å². The zero-order valence-corrected chi connectivity index (χ0v) is 18.4. The minimum Gasteiger partial charge on any atom is -0.495 e. The smallest absolute Gasteiger partial charge is 0.338 e. The van der Waals surface area contributed by atoms with E-state index in [0.29, 0.717) is 24.5 Å². The third-order valence-corrected chi connectivity index (χ3v) is 6.94. The molecule has 2 aromatic rings. The monoisotopic (exact) mass is 446 g/mol. The number of nitrogens with one attached hydrogen (secondary N) is 1. The maximum absolute atomic E-state index is 12.9. The van der Waals surface area contributed by atoms with Gasteiger partial charge in [0.05, 0.1) is 23.3 Å². The van der Waals surface area contributed by atoms with Crippen molar-refractivity contribution in [2.75, 3.05) is 25.5 Å². The van der Waals surface area contributed by atoms with Gasteiger partial charge in [0.25, 0.3) is 5.91 Å². The van der Waals surface area contributed by atoms with Gasteiger partial charge in [-0.15, -0.1) is 0 Å². The van der Waals surface area contributed by atoms with E-state index in [2.05, 4.69) is 5.32 Å². The van der Waals surface area contributed by atoms with Crippen LogP contribution in [0.3, 0.4) is 0 Å². The largest absolute Gasteiger partial charge is 0.495 e. The van der Waals surface area contributed by atoms with Crippen LogP contribution in [-0.2, 0) is 19.6 Å². The van der Waals surface area contributed by atoms with E-state index in [1.807, 2.05) is 0 Å². The third kappa shape index (κ3) is 5.42. The molecule has 1 atom stereocenters. The van der Waals surface area contributed by atoms with E-state index >= 15 is 0 Å². The number of rotatable bonds is 7. The number of para-hydroxylation sites is 2. The lowest BCUT2D eigenvalue weighted by molar-refractivity contribution is -0.123. The van der Waals surface area contributed by atoms with Gasteiger partial charge in [-0.1, -0.05) is 24.6 Å². The maximum Gasteiger partial charge on any atom is 0.338 e. The number of hydrogen-bond acceptors (Lipinski definition) is 6. The fourth-order valence-corrected chi connectivity index (χ4v) is 4.87. The number of esters is 1. The molecule has 0 radical (unpaired) electrons. The van der Waals surface area contributed by atoms with Crippen LogP contribution in [0.4, 0.5) is 5.69 Å². The van der Waals surface area contributed by atoms with Gasteiger partial charge < -0.3 is 14.8 Å². The number of hydrogen-bond donors (Lipinski definition) is 1. The van der Waals surface area contributed by atoms with Crippen molar-refractivity contribution in [1.29, 1.82) is 0 Å². The first-order chi connectivity index (χ1) is 14.8. The van der Waals surface area contributed by atoms with Gasteiger partial charge in [-0.25, -0.2) is 13.2 Å². The van der Waals surface area contributed by atoms with E-state index in [1.165, 1.54) is 42.6 Å². The van der Waals surface area contributed by atoms with Crippen LogP contribution in [0, 0.1) is 0 Å². The summed E-state index contributed by atoms with van der Waals surface area (Å²) in [4.78, 5) is 25.0. The van der Waals surface area contributed by atoms with E-state index in [-0.39, 0.29) is 10.5 Å². The van der Waals surface area contributed by atoms with E-state index in [4.69, 9.17) is 9.47 Å². The lowest BCUT2D eigenvalue weighted by atomic mass is 10.2. The Labute approximate surface area is 182 Å². The molecule has 0 bridgehead atoms. The number of piperidine rings is 1. The van der Waals surface area contributed by atoms with Crippen LogP contribution in [0.1, 0.15) is 36.5 Å². The van der Waals surface area contributed by atoms with Gasteiger partial charge in [0, 0.05) is 13.1 Å². The van der Waals surface area contributed by atoms with Crippen LogP contribution in [-0.4, -0.2) is 50.9 Å². The Morgan fingerprint density at radius 2 is 1.74 bits per heavy atom. The van der Waals surface area contributed by atoms with Crippen molar-refractivity contribution >= 4 is 27.6 Å². The molecule has 2 aromatic carbocycles. The zero-order valence-electron chi connectivity index (χ0n) is 17.5. The SMILES string of the molecule is COc1ccccc1NC(=O)[C@@H](C)OC(=O)c1cccc(S(=O)(=O)N2CCCCC2)c1. The summed E-state index contributed by atoms with van der Waals surface area (Å²) >= 11 is 0. The summed E-state index contributed by atoms with van der Waals surface area (Å²) in [6.45, 7) is 2.38. The molecule has 1 aliphatic heterocycles. The van der Waals surface area contributed by atoms with Gasteiger partial charge in [0.15, 0.2) is 6.10 Å². The quantitative estimate of drug-likeness (QED) is 0.656. The molecule has 1 heterocycles. The minimum atomic E-state index is -3.68. The average molecular weight is 447 g/mol. The molecule has 1 saturated heterocycles. The molecule has 166 valence electrons. The molecule has 0 aromatic heterocycles. The predicted octanol–water partition coefficient (Wildman–Crippen LogP) is 3.05. The molecule has 1 amide bonds. The fourth-order valence-electron chi connectivity index (χ4n) is 3.30. The highest BCUT2D eigenvalue weighted by molar-refractivity contribution is 7.89. The number of methoxy groups -OCH3 is 1. The zero-order chi connectivity index (χ0) is 22.4. The molecule has 0 spiro atoms. The van der Waals surface area contributed by atoms with Gasteiger partial charge in [-0.05, 0) is 50.1 Å². The van der Waals surface area contributed by atoms with Gasteiger partial charge >= 0.3 is 5.97 Å². The van der Waals surface area contributed by atoms with Crippen molar-refractivity contribution in [3.05, 3.63) is 54.1 Å². The lowest BCUT2D eigenvalue weighted by Gasteiger charge is -2.26. The number of carbonyl (C=O) groups is 2. The fraction of sp³-hybridized carbons (Fsp3) is 0.364. The van der Waals surface area contributed by atoms with Crippen LogP contribution in [0.2, 0.25) is 0 Å². The lowest BCUT2D eigenvalue weighted by Crippen LogP contribution is -2.35. The number of benzene rings is 2. The highest BCUT2D eigenvalue weighted by Crippen LogP contribution is 2.24. The summed E-state index contributed by atoms with van der Waals surface area (Å²) in [5.41, 5.74) is 0.516. The van der Waals surface area contributed by atoms with Gasteiger partial charge in [0.2, 0.25) is 10.0 Å². The molecule has 1 aliphatic rings. The number of carbonyl (C=O) groups excluding carboxylic acids is 2. The summed E-state index contributed by atoms with van der Waals surface area (Å²) < 4.78 is 37.6. The first-order valence-corrected chi connectivity index (χ1v) is 11.5. The molecular weight excluding hydrogens is 420 g/mol. The summed E-state index contributed by atoms with van der Waals surface area (Å²) in [6, 6.07) is 12.6. The number of anilines is 1. The van der Waals surface area contributed by atoms with Crippen molar-refractivity contribution in [3.8, 4) is 5.75 Å². The highest BCUT2D eigenvalue weighted by Gasteiger charge is 2.27. The van der Waals surface area contributed by atoms with Crippen LogP contribution < -0.4 is 10.1 Å². The third-order valence-electron chi connectivity index (χ3n) is 5.04. The number of nitrogens with zero attached hydrogens (tertiary/aromatic N) is 1. The Morgan fingerprint density at radius 1 is 1.03 bits per heavy atom. The van der Waals surface area contributed by atoms with Crippen LogP contribution in [0.5, 0.6) is 5.75 Å². The Morgan fingerprint density at radius 3 is 2.45 bits per heavy atom. The second-order valence-electron chi connectivity index (χ2n) is 7.23. The molecule has 1 fully saturated rings. The Hall–Kier alpha value is -2.91. The average Bonchev–Trinajstić information content (AvgIpc) is 2.80. The van der Waals surface area contributed by atoms with Crippen molar-refractivity contribution < 1.29 is 27.5 Å². The van der Waals surface area contributed by atoms with E-state index in [1.54, 1.807) is 24.3 Å². The van der Waals surface area contributed by atoms with Crippen molar-refractivity contribution in [1.82, 2.24) is 4.31 Å². The van der Waals surface area contributed by atoms with Gasteiger partial charge in [-0.3, -0.25) is 4.79 Å². The molecule has 3 rings (SSSR count). The normalized spacial score (nSPS) is 15.7. The Bertz CT molecular complexity index is 1050. The summed E-state index contributed by atoms with van der Waals surface area (Å²) in [5.74, 6) is -0.835. The van der Waals surface area contributed by atoms with Crippen molar-refractivity contribution in [2.45, 2.75) is 37.2 Å². The van der Waals surface area contributed by atoms with E-state index in [9.17, 15) is 18.0 Å². The van der Waals surface area contributed by atoms with Crippen LogP contribution in [0.15, 0.2) is 53.4 Å². The molecule has 9 heteroatoms. The van der Waals surface area contributed by atoms with Crippen LogP contribution in [0.25, 0.3) is 0 Å². The summed E-state index contributed by atoms with van der Waals surface area (Å²) in [7, 11) is -2.19. The molecule has 8 nitrogen and oxygen atoms in total. The molecule has 0 saturated carbocycles. The summed E-state index contributed by atoms with van der Waals surface area (Å²) in [6.07, 6.45) is 1.55. The second-order valence-corrected chi connectivity index (χ2v) is 9.17. The van der Waals surface area contributed by atoms with Gasteiger partial charge in [0.1, 0.15) is 5.75 Å². The highest BCUT2D eigenvalue weighted by atomic mass is 32.2. The number of amides is 1. The maximum atomic E-state index is 12.9. The summed E-state index contributed by atoms with van der Waals surface area (Å²) in [5, 5.41) is 2.65. The van der Waals surface area contributed by atoms with Crippen molar-refractivity contribution in [2.24, 2.45) is 0 Å². The van der Waals surface area contributed by atoms with Gasteiger partial charge in [-0.2, -0.15) is 4.31 Å². The molecule has 0 aliphatic carbocycles. The molecule has 1 N–H and O–H groups in total. The van der Waals surface area contributed by atoms with Crippen LogP contribution >= 0.6 is 0 Å². The Balaban J connectivity index is 1.69. The Kier molecular flexibility index (Phi) is 7.29. The first-order valence-electron chi connectivity index (χ1n) is 10.1. The molecular formula is C22H26N2O6S. The van der Waals surface area contributed by atoms with E-state index < -0.39 is 28.0 Å². The molecule has 31 heavy (non-hydrogen) atoms. The molecule has 0 unspecified atom stereocenters. The van der Waals surface area contributed by atoms with Crippen molar-refractivity contribution in [3.63, 3.8) is 0 Å². The minimum absolute atomic E-state index is 0.0370. The first kappa shape index (κ1) is 22.8. The van der Waals surface area contributed by atoms with E-state index in [0.717, 1.165) is 19.3 Å². The number of sulfonamides is 1. The predicted molar refractivity (Wildman–Crippen MR) is 116 cm³/mol. The second kappa shape index (κ2) is 9.93. The standard InChI is InChI=1S/C22H26N2O6S/c1-16(21(25)23-19-11-4-5-12-20(19)29-2)30-22(26)17-9-8-10-18(15-17)31(27,28)24-13-6-3-7-14-24/h4-5,8-12,15-16H,3,6-7,13-14H2,1-2H3,(H,23,25)/t16-/m1/s1. The number of ether oxygens (including phenoxy) is 2.